The Morgan fingerprint density at radius 2 is 2.18 bits per heavy atom. The first kappa shape index (κ1) is 16.8. The second-order valence-corrected chi connectivity index (χ2v) is 6.49. The molecule has 0 saturated carbocycles. The summed E-state index contributed by atoms with van der Waals surface area (Å²) in [6.07, 6.45) is 1.06. The van der Waals surface area contributed by atoms with Gasteiger partial charge in [0, 0.05) is 25.3 Å². The third kappa shape index (κ3) is 4.00. The lowest BCUT2D eigenvalue weighted by molar-refractivity contribution is 0.0435. The summed E-state index contributed by atoms with van der Waals surface area (Å²) in [6.45, 7) is 12.1. The molecule has 0 aliphatic carbocycles. The zero-order valence-corrected chi connectivity index (χ0v) is 14.2. The van der Waals surface area contributed by atoms with Gasteiger partial charge in [0.2, 0.25) is 0 Å². The van der Waals surface area contributed by atoms with E-state index in [2.05, 4.69) is 24.3 Å². The molecule has 1 aromatic rings. The van der Waals surface area contributed by atoms with Crippen LogP contribution in [0.5, 0.6) is 0 Å². The number of amides is 2. The Balaban J connectivity index is 1.85. The van der Waals surface area contributed by atoms with Crippen molar-refractivity contribution in [1.29, 1.82) is 0 Å². The maximum absolute atomic E-state index is 12.4. The number of aromatic nitrogens is 1. The highest BCUT2D eigenvalue weighted by molar-refractivity contribution is 5.75. The van der Waals surface area contributed by atoms with Gasteiger partial charge >= 0.3 is 6.03 Å². The third-order valence-electron chi connectivity index (χ3n) is 3.96. The average molecular weight is 309 g/mol. The highest BCUT2D eigenvalue weighted by Gasteiger charge is 2.28. The molecule has 1 aliphatic heterocycles. The number of urea groups is 1. The summed E-state index contributed by atoms with van der Waals surface area (Å²) in [4.78, 5) is 14.2. The number of nitrogens with zero attached hydrogens (tertiary/aromatic N) is 2. The van der Waals surface area contributed by atoms with E-state index in [9.17, 15) is 4.79 Å². The van der Waals surface area contributed by atoms with Crippen molar-refractivity contribution in [3.8, 4) is 0 Å². The molecule has 0 spiro atoms. The Morgan fingerprint density at radius 3 is 2.77 bits per heavy atom. The third-order valence-corrected chi connectivity index (χ3v) is 3.96. The first-order valence-corrected chi connectivity index (χ1v) is 7.98. The molecule has 124 valence electrons. The van der Waals surface area contributed by atoms with E-state index in [-0.39, 0.29) is 18.2 Å². The Labute approximate surface area is 132 Å². The van der Waals surface area contributed by atoms with Crippen molar-refractivity contribution in [2.45, 2.75) is 53.2 Å². The molecule has 6 heteroatoms. The topological polar surface area (TPSA) is 67.6 Å². The minimum Gasteiger partial charge on any atom is -0.376 e. The maximum Gasteiger partial charge on any atom is 0.317 e. The highest BCUT2D eigenvalue weighted by atomic mass is 16.5. The summed E-state index contributed by atoms with van der Waals surface area (Å²) >= 11 is 0. The summed E-state index contributed by atoms with van der Waals surface area (Å²) in [5.41, 5.74) is 1.78. The monoisotopic (exact) mass is 309 g/mol. The fourth-order valence-electron chi connectivity index (χ4n) is 2.83. The van der Waals surface area contributed by atoms with Gasteiger partial charge in [0.25, 0.3) is 0 Å². The molecular weight excluding hydrogens is 282 g/mol. The van der Waals surface area contributed by atoms with Crippen LogP contribution in [0.4, 0.5) is 4.79 Å². The van der Waals surface area contributed by atoms with Crippen molar-refractivity contribution >= 4 is 6.03 Å². The van der Waals surface area contributed by atoms with Gasteiger partial charge in [-0.1, -0.05) is 19.0 Å². The lowest BCUT2D eigenvalue weighted by Gasteiger charge is -2.21. The van der Waals surface area contributed by atoms with Crippen molar-refractivity contribution in [1.82, 2.24) is 15.4 Å². The van der Waals surface area contributed by atoms with Crippen molar-refractivity contribution in [2.75, 3.05) is 19.7 Å². The summed E-state index contributed by atoms with van der Waals surface area (Å²) in [5, 5.41) is 6.96. The molecule has 1 aromatic heterocycles. The molecule has 2 heterocycles. The smallest absolute Gasteiger partial charge is 0.317 e. The minimum atomic E-state index is -0.116. The van der Waals surface area contributed by atoms with Crippen LogP contribution in [0.3, 0.4) is 0 Å². The Kier molecular flexibility index (Phi) is 5.45. The summed E-state index contributed by atoms with van der Waals surface area (Å²) in [5.74, 6) is 1.27. The lowest BCUT2D eigenvalue weighted by Crippen LogP contribution is -2.40. The molecule has 22 heavy (non-hydrogen) atoms. The molecule has 1 N–H and O–H groups in total. The zero-order chi connectivity index (χ0) is 16.3. The van der Waals surface area contributed by atoms with E-state index in [1.54, 1.807) is 0 Å². The molecule has 6 nitrogen and oxygen atoms in total. The van der Waals surface area contributed by atoms with Crippen LogP contribution >= 0.6 is 0 Å². The van der Waals surface area contributed by atoms with Crippen LogP contribution in [0.15, 0.2) is 4.52 Å². The number of carbonyl (C=O) groups excluding carboxylic acids is 1. The fraction of sp³-hybridized carbons (Fsp3) is 0.750. The Bertz CT molecular complexity index is 493. The Hall–Kier alpha value is -1.56. The molecule has 1 fully saturated rings. The first-order valence-electron chi connectivity index (χ1n) is 7.98. The standard InChI is InChI=1S/C16H27N3O3/c1-10(2)9-21-14-6-7-19(8-14)16(20)17-11(3)15-12(4)18-22-13(15)5/h10-11,14H,6-9H2,1-5H3,(H,17,20). The lowest BCUT2D eigenvalue weighted by atomic mass is 10.1. The molecule has 1 saturated heterocycles. The van der Waals surface area contributed by atoms with Crippen LogP contribution in [0.1, 0.15) is 50.3 Å². The van der Waals surface area contributed by atoms with Crippen LogP contribution in [0.2, 0.25) is 0 Å². The van der Waals surface area contributed by atoms with E-state index in [0.29, 0.717) is 12.5 Å². The largest absolute Gasteiger partial charge is 0.376 e. The predicted octanol–water partition coefficient (Wildman–Crippen LogP) is 2.81. The van der Waals surface area contributed by atoms with Crippen LogP contribution < -0.4 is 5.32 Å². The second-order valence-electron chi connectivity index (χ2n) is 6.49. The number of rotatable bonds is 5. The van der Waals surface area contributed by atoms with Crippen molar-refractivity contribution in [2.24, 2.45) is 5.92 Å². The number of hydrogen-bond acceptors (Lipinski definition) is 4. The number of hydrogen-bond donors (Lipinski definition) is 1. The summed E-state index contributed by atoms with van der Waals surface area (Å²) in [7, 11) is 0. The molecule has 2 rings (SSSR count). The van der Waals surface area contributed by atoms with Crippen molar-refractivity contribution in [3.63, 3.8) is 0 Å². The SMILES string of the molecule is Cc1noc(C)c1C(C)NC(=O)N1CCC(OCC(C)C)C1. The molecule has 0 aromatic carbocycles. The van der Waals surface area contributed by atoms with E-state index in [0.717, 1.165) is 36.6 Å². The van der Waals surface area contributed by atoms with Crippen molar-refractivity contribution < 1.29 is 14.1 Å². The van der Waals surface area contributed by atoms with E-state index >= 15 is 0 Å². The van der Waals surface area contributed by atoms with Gasteiger partial charge in [0.05, 0.1) is 17.8 Å². The van der Waals surface area contributed by atoms with Gasteiger partial charge in [-0.05, 0) is 33.1 Å². The summed E-state index contributed by atoms with van der Waals surface area (Å²) in [6, 6.07) is -0.169. The number of carbonyl (C=O) groups is 1. The quantitative estimate of drug-likeness (QED) is 0.908. The second kappa shape index (κ2) is 7.13. The average Bonchev–Trinajstić information content (AvgIpc) is 3.03. The van der Waals surface area contributed by atoms with Crippen molar-refractivity contribution in [3.05, 3.63) is 17.0 Å². The molecule has 2 amide bonds. The van der Waals surface area contributed by atoms with Gasteiger partial charge in [-0.2, -0.15) is 0 Å². The van der Waals surface area contributed by atoms with Crippen LogP contribution in [0, 0.1) is 19.8 Å². The van der Waals surface area contributed by atoms with Gasteiger partial charge in [0.1, 0.15) is 5.76 Å². The molecule has 2 atom stereocenters. The predicted molar refractivity (Wildman–Crippen MR) is 83.7 cm³/mol. The number of likely N-dealkylation sites (tertiary alicyclic amines) is 1. The fourth-order valence-corrected chi connectivity index (χ4v) is 2.83. The van der Waals surface area contributed by atoms with Gasteiger partial charge < -0.3 is 19.5 Å². The molecule has 0 bridgehead atoms. The van der Waals surface area contributed by atoms with Gasteiger partial charge in [-0.15, -0.1) is 0 Å². The zero-order valence-electron chi connectivity index (χ0n) is 14.2. The first-order chi connectivity index (χ1) is 10.4. The molecule has 1 aliphatic rings. The normalized spacial score (nSPS) is 19.7. The van der Waals surface area contributed by atoms with Gasteiger partial charge in [-0.25, -0.2) is 4.79 Å². The van der Waals surface area contributed by atoms with Crippen LogP contribution in [0.25, 0.3) is 0 Å². The van der Waals surface area contributed by atoms with E-state index < -0.39 is 0 Å². The number of aryl methyl sites for hydroxylation is 2. The molecule has 0 radical (unpaired) electrons. The van der Waals surface area contributed by atoms with Crippen LogP contribution in [-0.2, 0) is 4.74 Å². The maximum atomic E-state index is 12.4. The van der Waals surface area contributed by atoms with Gasteiger partial charge in [-0.3, -0.25) is 0 Å². The molecule has 2 unspecified atom stereocenters. The van der Waals surface area contributed by atoms with Gasteiger partial charge in [0.15, 0.2) is 0 Å². The number of ether oxygens (including phenoxy) is 1. The van der Waals surface area contributed by atoms with E-state index in [1.807, 2.05) is 25.7 Å². The number of nitrogens with one attached hydrogen (secondary N) is 1. The summed E-state index contributed by atoms with van der Waals surface area (Å²) < 4.78 is 11.0. The highest BCUT2D eigenvalue weighted by Crippen LogP contribution is 2.22. The minimum absolute atomic E-state index is 0.0526. The van der Waals surface area contributed by atoms with Crippen LogP contribution in [-0.4, -0.2) is 41.9 Å². The molecular formula is C16H27N3O3. The van der Waals surface area contributed by atoms with E-state index in [4.69, 9.17) is 9.26 Å². The van der Waals surface area contributed by atoms with E-state index in [1.165, 1.54) is 0 Å². The Morgan fingerprint density at radius 1 is 1.45 bits per heavy atom.